The highest BCUT2D eigenvalue weighted by molar-refractivity contribution is 5.97. The minimum atomic E-state index is -1.18. The SMILES string of the molecule is CCCc1nc2c(C)cc(-c3nc4ccccc4n3C)cc2n1Cc1ccc(-c2ccccc2C(=O)OC(C)OC(=O)OCCCCCO/N=[N+](\[O-])N(C)C(C)(C)C)cc1. The van der Waals surface area contributed by atoms with Crippen LogP contribution in [0.2, 0.25) is 0 Å². The van der Waals surface area contributed by atoms with Crippen LogP contribution >= 0.6 is 0 Å². The van der Waals surface area contributed by atoms with Gasteiger partial charge < -0.3 is 33.4 Å². The van der Waals surface area contributed by atoms with Crippen LogP contribution < -0.4 is 0 Å². The Morgan fingerprint density at radius 2 is 1.62 bits per heavy atom. The second-order valence-corrected chi connectivity index (χ2v) is 15.9. The standard InChI is InChI=1S/C46H55N7O7/c1-9-17-41-48-42-31(2)28-35(43-47-38-20-13-14-21-39(38)50(43)7)29-40(42)52(41)30-33-22-24-34(25-23-33)36-18-11-12-19-37(36)44(54)59-32(3)60-45(55)57-26-15-10-16-27-58-49-53(56)51(8)46(4,5)6/h11-14,18-25,28-29,32H,9-10,15-17,26-27,30H2,1-8H3/b53-49-. The van der Waals surface area contributed by atoms with Crippen molar-refractivity contribution >= 4 is 34.2 Å². The van der Waals surface area contributed by atoms with Gasteiger partial charge in [-0.2, -0.15) is 0 Å². The van der Waals surface area contributed by atoms with Gasteiger partial charge in [0, 0.05) is 32.5 Å². The van der Waals surface area contributed by atoms with Crippen LogP contribution in [0, 0.1) is 12.1 Å². The number of aromatic nitrogens is 4. The zero-order chi connectivity index (χ0) is 43.0. The first kappa shape index (κ1) is 43.1. The molecule has 316 valence electrons. The summed E-state index contributed by atoms with van der Waals surface area (Å²) in [6.07, 6.45) is 1.51. The van der Waals surface area contributed by atoms with Gasteiger partial charge in [0.15, 0.2) is 0 Å². The summed E-state index contributed by atoms with van der Waals surface area (Å²) in [6, 6.07) is 27.8. The summed E-state index contributed by atoms with van der Waals surface area (Å²) in [7, 11) is 3.68. The molecule has 0 saturated carbocycles. The average molecular weight is 818 g/mol. The Labute approximate surface area is 350 Å². The third-order valence-electron chi connectivity index (χ3n) is 10.4. The summed E-state index contributed by atoms with van der Waals surface area (Å²) in [5.41, 5.74) is 8.78. The Kier molecular flexibility index (Phi) is 13.7. The molecule has 0 fully saturated rings. The van der Waals surface area contributed by atoms with Crippen LogP contribution in [0.3, 0.4) is 0 Å². The van der Waals surface area contributed by atoms with Gasteiger partial charge in [-0.3, -0.25) is 0 Å². The molecule has 1 atom stereocenters. The predicted molar refractivity (Wildman–Crippen MR) is 230 cm³/mol. The first-order chi connectivity index (χ1) is 28.7. The molecule has 2 heterocycles. The molecule has 0 saturated heterocycles. The molecule has 0 aliphatic heterocycles. The van der Waals surface area contributed by atoms with E-state index in [4.69, 9.17) is 29.0 Å². The fourth-order valence-corrected chi connectivity index (χ4v) is 6.86. The molecule has 0 spiro atoms. The molecule has 0 aliphatic carbocycles. The van der Waals surface area contributed by atoms with Crippen molar-refractivity contribution in [2.24, 2.45) is 12.3 Å². The van der Waals surface area contributed by atoms with Crippen LogP contribution in [-0.4, -0.2) is 73.3 Å². The first-order valence-corrected chi connectivity index (χ1v) is 20.4. The van der Waals surface area contributed by atoms with Gasteiger partial charge in [-0.05, 0) is 106 Å². The molecule has 0 bridgehead atoms. The highest BCUT2D eigenvalue weighted by atomic mass is 16.8. The number of para-hydroxylation sites is 2. The van der Waals surface area contributed by atoms with Gasteiger partial charge in [0.05, 0.1) is 51.8 Å². The number of hydrazine groups is 1. The van der Waals surface area contributed by atoms with Gasteiger partial charge in [-0.1, -0.05) is 61.5 Å². The molecule has 14 nitrogen and oxygen atoms in total. The van der Waals surface area contributed by atoms with E-state index in [1.165, 1.54) is 11.9 Å². The van der Waals surface area contributed by atoms with Crippen molar-refractivity contribution in [1.82, 2.24) is 24.1 Å². The molecule has 60 heavy (non-hydrogen) atoms. The van der Waals surface area contributed by atoms with Gasteiger partial charge in [0.1, 0.15) is 18.3 Å². The number of rotatable bonds is 17. The molecule has 2 aromatic heterocycles. The molecule has 14 heteroatoms. The summed E-state index contributed by atoms with van der Waals surface area (Å²) >= 11 is 0. The van der Waals surface area contributed by atoms with Crippen LogP contribution in [0.5, 0.6) is 0 Å². The monoisotopic (exact) mass is 817 g/mol. The Morgan fingerprint density at radius 1 is 0.900 bits per heavy atom. The number of ether oxygens (including phenoxy) is 3. The van der Waals surface area contributed by atoms with Crippen LogP contribution in [-0.2, 0) is 39.1 Å². The molecule has 6 rings (SSSR count). The van der Waals surface area contributed by atoms with Crippen LogP contribution in [0.25, 0.3) is 44.6 Å². The second kappa shape index (κ2) is 19.1. The molecule has 4 aromatic carbocycles. The van der Waals surface area contributed by atoms with E-state index in [0.29, 0.717) is 41.9 Å². The summed E-state index contributed by atoms with van der Waals surface area (Å²) in [6.45, 7) is 12.4. The maximum Gasteiger partial charge on any atom is 0.511 e. The van der Waals surface area contributed by atoms with Gasteiger partial charge in [-0.25, -0.2) is 19.6 Å². The lowest BCUT2D eigenvalue weighted by atomic mass is 9.98. The van der Waals surface area contributed by atoms with E-state index in [9.17, 15) is 14.8 Å². The Hall–Kier alpha value is -6.44. The molecule has 1 unspecified atom stereocenters. The number of hydrogen-bond donors (Lipinski definition) is 0. The van der Waals surface area contributed by atoms with E-state index in [-0.39, 0.29) is 13.2 Å². The fourth-order valence-electron chi connectivity index (χ4n) is 6.86. The van der Waals surface area contributed by atoms with E-state index < -0.39 is 24.0 Å². The topological polar surface area (TPSA) is 148 Å². The van der Waals surface area contributed by atoms with Crippen molar-refractivity contribution in [3.63, 3.8) is 0 Å². The minimum absolute atomic E-state index is 0.107. The molecule has 0 aliphatic rings. The summed E-state index contributed by atoms with van der Waals surface area (Å²) < 4.78 is 20.3. The Bertz CT molecular complexity index is 2470. The minimum Gasteiger partial charge on any atom is -0.569 e. The number of fused-ring (bicyclic) bond motifs is 2. The van der Waals surface area contributed by atoms with E-state index >= 15 is 0 Å². The third-order valence-corrected chi connectivity index (χ3v) is 10.4. The predicted octanol–water partition coefficient (Wildman–Crippen LogP) is 9.93. The Balaban J connectivity index is 1.05. The molecule has 0 amide bonds. The normalized spacial score (nSPS) is 12.4. The van der Waals surface area contributed by atoms with Crippen LogP contribution in [0.15, 0.2) is 90.2 Å². The van der Waals surface area contributed by atoms with E-state index in [0.717, 1.165) is 68.8 Å². The molecule has 0 radical (unpaired) electrons. The van der Waals surface area contributed by atoms with Crippen molar-refractivity contribution in [1.29, 1.82) is 0 Å². The highest BCUT2D eigenvalue weighted by Crippen LogP contribution is 2.31. The molecular formula is C46H55N7O7. The van der Waals surface area contributed by atoms with Crippen LogP contribution in [0.4, 0.5) is 4.79 Å². The van der Waals surface area contributed by atoms with Crippen molar-refractivity contribution in [3.8, 4) is 22.5 Å². The van der Waals surface area contributed by atoms with Gasteiger partial charge in [0.25, 0.3) is 0 Å². The van der Waals surface area contributed by atoms with Gasteiger partial charge in [0.2, 0.25) is 11.6 Å². The van der Waals surface area contributed by atoms with Crippen LogP contribution in [0.1, 0.15) is 87.6 Å². The summed E-state index contributed by atoms with van der Waals surface area (Å²) in [4.78, 5) is 41.2. The largest absolute Gasteiger partial charge is 0.569 e. The van der Waals surface area contributed by atoms with Crippen molar-refractivity contribution in [3.05, 3.63) is 113 Å². The number of unbranched alkanes of at least 4 members (excludes halogenated alkanes) is 2. The first-order valence-electron chi connectivity index (χ1n) is 20.4. The summed E-state index contributed by atoms with van der Waals surface area (Å²) in [5.74, 6) is 1.31. The zero-order valence-electron chi connectivity index (χ0n) is 35.8. The number of imidazole rings is 2. The molecule has 0 N–H and O–H groups in total. The molecule has 6 aromatic rings. The maximum atomic E-state index is 13.4. The van der Waals surface area contributed by atoms with E-state index in [2.05, 4.69) is 65.6 Å². The Morgan fingerprint density at radius 3 is 2.35 bits per heavy atom. The number of carbonyl (C=O) groups excluding carboxylic acids is 2. The van der Waals surface area contributed by atoms with Gasteiger partial charge in [-0.15, -0.1) is 5.01 Å². The van der Waals surface area contributed by atoms with Gasteiger partial charge >= 0.3 is 12.1 Å². The quantitative estimate of drug-likeness (QED) is 0.0217. The second-order valence-electron chi connectivity index (χ2n) is 15.9. The number of benzene rings is 4. The number of esters is 1. The lowest BCUT2D eigenvalue weighted by Gasteiger charge is -2.26. The average Bonchev–Trinajstić information content (AvgIpc) is 3.75. The zero-order valence-corrected chi connectivity index (χ0v) is 35.8. The lowest BCUT2D eigenvalue weighted by Crippen LogP contribution is -2.42. The van der Waals surface area contributed by atoms with Crippen molar-refractivity contribution in [2.75, 3.05) is 20.3 Å². The van der Waals surface area contributed by atoms with Crippen molar-refractivity contribution < 1.29 is 33.6 Å². The number of carbonyl (C=O) groups is 2. The number of nitrogens with zero attached hydrogens (tertiary/aromatic N) is 7. The maximum absolute atomic E-state index is 13.4. The third kappa shape index (κ3) is 10.2. The molecular weight excluding hydrogens is 763 g/mol. The number of hydrogen-bond acceptors (Lipinski definition) is 10. The van der Waals surface area contributed by atoms with E-state index in [1.807, 2.05) is 63.2 Å². The number of aryl methyl sites for hydroxylation is 3. The summed E-state index contributed by atoms with van der Waals surface area (Å²) in [5, 5.41) is 16.9. The van der Waals surface area contributed by atoms with Crippen molar-refractivity contribution in [2.45, 2.75) is 92.0 Å². The smallest absolute Gasteiger partial charge is 0.511 e. The van der Waals surface area contributed by atoms with E-state index in [1.54, 1.807) is 19.2 Å². The highest BCUT2D eigenvalue weighted by Gasteiger charge is 2.24. The fraction of sp³-hybridized carbons (Fsp3) is 0.391. The lowest BCUT2D eigenvalue weighted by molar-refractivity contribution is -0.719.